The summed E-state index contributed by atoms with van der Waals surface area (Å²) >= 11 is 5.93. The third-order valence-electron chi connectivity index (χ3n) is 5.98. The summed E-state index contributed by atoms with van der Waals surface area (Å²) in [6.07, 6.45) is 1.46. The van der Waals surface area contributed by atoms with Crippen molar-refractivity contribution in [3.8, 4) is 0 Å². The predicted octanol–water partition coefficient (Wildman–Crippen LogP) is 4.01. The standard InChI is InChI=1S/C25H22ClFN6O2/c26-18-5-3-17(4-6-18)22(34)21-13-20-23(31-21)29-15-30-24(20)32-9-11-33(12-10-32)25(35)28-14-16-1-7-19(27)8-2-16/h1-8,13,15H,9-12,14H2,(H,28,35)(H,29,30,31). The van der Waals surface area contributed by atoms with Gasteiger partial charge in [-0.25, -0.2) is 19.2 Å². The number of amides is 2. The zero-order chi connectivity index (χ0) is 24.4. The summed E-state index contributed by atoms with van der Waals surface area (Å²) in [6.45, 7) is 2.53. The molecule has 2 aromatic carbocycles. The van der Waals surface area contributed by atoms with E-state index < -0.39 is 0 Å². The minimum Gasteiger partial charge on any atom is -0.352 e. The van der Waals surface area contributed by atoms with Crippen LogP contribution in [0.4, 0.5) is 15.0 Å². The Hall–Kier alpha value is -3.98. The molecule has 1 fully saturated rings. The highest BCUT2D eigenvalue weighted by Crippen LogP contribution is 2.26. The molecule has 2 aromatic heterocycles. The first-order valence-corrected chi connectivity index (χ1v) is 11.5. The molecule has 5 rings (SSSR count). The average Bonchev–Trinajstić information content (AvgIpc) is 3.33. The third-order valence-corrected chi connectivity index (χ3v) is 6.23. The smallest absolute Gasteiger partial charge is 0.317 e. The highest BCUT2D eigenvalue weighted by atomic mass is 35.5. The molecule has 0 aliphatic carbocycles. The number of nitrogens with one attached hydrogen (secondary N) is 2. The fraction of sp³-hybridized carbons (Fsp3) is 0.200. The van der Waals surface area contributed by atoms with Crippen LogP contribution in [0.1, 0.15) is 21.6 Å². The Morgan fingerprint density at radius 2 is 1.71 bits per heavy atom. The molecule has 1 aliphatic rings. The number of nitrogens with zero attached hydrogens (tertiary/aromatic N) is 4. The van der Waals surface area contributed by atoms with Crippen LogP contribution in [0, 0.1) is 5.82 Å². The van der Waals surface area contributed by atoms with Gasteiger partial charge in [-0.15, -0.1) is 0 Å². The number of hydrogen-bond acceptors (Lipinski definition) is 5. The van der Waals surface area contributed by atoms with Crippen molar-refractivity contribution in [2.45, 2.75) is 6.54 Å². The number of aromatic amines is 1. The van der Waals surface area contributed by atoms with E-state index in [0.29, 0.717) is 60.5 Å². The average molecular weight is 493 g/mol. The maximum absolute atomic E-state index is 13.1. The van der Waals surface area contributed by atoms with Crippen LogP contribution in [0.25, 0.3) is 11.0 Å². The molecule has 178 valence electrons. The summed E-state index contributed by atoms with van der Waals surface area (Å²) in [6, 6.07) is 14.4. The first-order valence-electron chi connectivity index (χ1n) is 11.1. The summed E-state index contributed by atoms with van der Waals surface area (Å²) in [5.74, 6) is 0.250. The molecule has 0 radical (unpaired) electrons. The maximum atomic E-state index is 13.1. The van der Waals surface area contributed by atoms with Crippen LogP contribution in [0.2, 0.25) is 5.02 Å². The Morgan fingerprint density at radius 3 is 2.43 bits per heavy atom. The van der Waals surface area contributed by atoms with Gasteiger partial charge in [0.15, 0.2) is 0 Å². The number of fused-ring (bicyclic) bond motifs is 1. The van der Waals surface area contributed by atoms with E-state index in [0.717, 1.165) is 10.9 Å². The second-order valence-electron chi connectivity index (χ2n) is 8.24. The zero-order valence-corrected chi connectivity index (χ0v) is 19.4. The zero-order valence-electron chi connectivity index (χ0n) is 18.7. The molecule has 4 aromatic rings. The van der Waals surface area contributed by atoms with Gasteiger partial charge in [0, 0.05) is 43.3 Å². The van der Waals surface area contributed by atoms with Crippen molar-refractivity contribution in [1.29, 1.82) is 0 Å². The molecule has 0 spiro atoms. The highest BCUT2D eigenvalue weighted by molar-refractivity contribution is 6.30. The van der Waals surface area contributed by atoms with Crippen LogP contribution in [0.5, 0.6) is 0 Å². The van der Waals surface area contributed by atoms with Gasteiger partial charge in [0.05, 0.1) is 11.1 Å². The van der Waals surface area contributed by atoms with Crippen molar-refractivity contribution in [2.24, 2.45) is 0 Å². The van der Waals surface area contributed by atoms with Gasteiger partial charge in [0.1, 0.15) is 23.6 Å². The van der Waals surface area contributed by atoms with Crippen molar-refractivity contribution in [2.75, 3.05) is 31.1 Å². The maximum Gasteiger partial charge on any atom is 0.317 e. The number of anilines is 1. The van der Waals surface area contributed by atoms with Crippen LogP contribution >= 0.6 is 11.6 Å². The lowest BCUT2D eigenvalue weighted by Gasteiger charge is -2.35. The third kappa shape index (κ3) is 4.95. The molecule has 2 N–H and O–H groups in total. The number of aromatic nitrogens is 3. The Bertz CT molecular complexity index is 1370. The lowest BCUT2D eigenvalue weighted by Crippen LogP contribution is -2.52. The predicted molar refractivity (Wildman–Crippen MR) is 131 cm³/mol. The van der Waals surface area contributed by atoms with Gasteiger partial charge in [0.2, 0.25) is 5.78 Å². The van der Waals surface area contributed by atoms with E-state index in [-0.39, 0.29) is 17.6 Å². The second kappa shape index (κ2) is 9.71. The number of benzene rings is 2. The number of rotatable bonds is 5. The first-order chi connectivity index (χ1) is 17.0. The Balaban J connectivity index is 1.25. The molecule has 10 heteroatoms. The van der Waals surface area contributed by atoms with Crippen LogP contribution < -0.4 is 10.2 Å². The van der Waals surface area contributed by atoms with E-state index in [9.17, 15) is 14.0 Å². The number of H-pyrrole nitrogens is 1. The molecule has 0 unspecified atom stereocenters. The van der Waals surface area contributed by atoms with Crippen LogP contribution in [-0.4, -0.2) is 57.8 Å². The van der Waals surface area contributed by atoms with Gasteiger partial charge in [-0.1, -0.05) is 23.7 Å². The van der Waals surface area contributed by atoms with Crippen molar-refractivity contribution >= 4 is 40.3 Å². The fourth-order valence-electron chi connectivity index (χ4n) is 4.07. The molecule has 1 aliphatic heterocycles. The SMILES string of the molecule is O=C(c1ccc(Cl)cc1)c1cc2c(N3CCN(C(=O)NCc4ccc(F)cc4)CC3)ncnc2[nH]1. The first kappa shape index (κ1) is 22.8. The molecular weight excluding hydrogens is 471 g/mol. The van der Waals surface area contributed by atoms with Gasteiger partial charge < -0.3 is 20.1 Å². The fourth-order valence-corrected chi connectivity index (χ4v) is 4.20. The summed E-state index contributed by atoms with van der Waals surface area (Å²) in [4.78, 5) is 41.1. The molecule has 0 saturated carbocycles. The minimum absolute atomic E-state index is 0.159. The second-order valence-corrected chi connectivity index (χ2v) is 8.67. The van der Waals surface area contributed by atoms with E-state index in [1.54, 1.807) is 47.4 Å². The number of carbonyl (C=O) groups is 2. The van der Waals surface area contributed by atoms with Crippen molar-refractivity contribution < 1.29 is 14.0 Å². The van der Waals surface area contributed by atoms with E-state index in [1.165, 1.54) is 18.5 Å². The molecule has 3 heterocycles. The van der Waals surface area contributed by atoms with Gasteiger partial charge in [-0.2, -0.15) is 0 Å². The van der Waals surface area contributed by atoms with Crippen molar-refractivity contribution in [3.05, 3.63) is 88.6 Å². The quantitative estimate of drug-likeness (QED) is 0.410. The summed E-state index contributed by atoms with van der Waals surface area (Å²) in [5.41, 5.74) is 2.35. The summed E-state index contributed by atoms with van der Waals surface area (Å²) in [7, 11) is 0. The molecule has 8 nitrogen and oxygen atoms in total. The van der Waals surface area contributed by atoms with E-state index in [4.69, 9.17) is 11.6 Å². The number of piperazine rings is 1. The Kier molecular flexibility index (Phi) is 6.33. The van der Waals surface area contributed by atoms with E-state index in [2.05, 4.69) is 25.2 Å². The van der Waals surface area contributed by atoms with Crippen LogP contribution in [-0.2, 0) is 6.54 Å². The van der Waals surface area contributed by atoms with Crippen molar-refractivity contribution in [3.63, 3.8) is 0 Å². The van der Waals surface area contributed by atoms with Gasteiger partial charge in [0.25, 0.3) is 0 Å². The number of carbonyl (C=O) groups excluding carboxylic acids is 2. The topological polar surface area (TPSA) is 94.2 Å². The largest absolute Gasteiger partial charge is 0.352 e. The normalized spacial score (nSPS) is 13.8. The highest BCUT2D eigenvalue weighted by Gasteiger charge is 2.24. The number of halogens is 2. The monoisotopic (exact) mass is 492 g/mol. The van der Waals surface area contributed by atoms with E-state index in [1.807, 2.05) is 0 Å². The number of ketones is 1. The van der Waals surface area contributed by atoms with Gasteiger partial charge in [-0.3, -0.25) is 4.79 Å². The lowest BCUT2D eigenvalue weighted by atomic mass is 10.1. The molecule has 0 atom stereocenters. The van der Waals surface area contributed by atoms with Crippen LogP contribution in [0.3, 0.4) is 0 Å². The van der Waals surface area contributed by atoms with Gasteiger partial charge in [-0.05, 0) is 48.0 Å². The number of urea groups is 1. The van der Waals surface area contributed by atoms with Crippen molar-refractivity contribution in [1.82, 2.24) is 25.2 Å². The summed E-state index contributed by atoms with van der Waals surface area (Å²) < 4.78 is 13.1. The Morgan fingerprint density at radius 1 is 1.00 bits per heavy atom. The molecule has 1 saturated heterocycles. The number of hydrogen-bond donors (Lipinski definition) is 2. The van der Waals surface area contributed by atoms with E-state index >= 15 is 0 Å². The molecule has 35 heavy (non-hydrogen) atoms. The minimum atomic E-state index is -0.307. The van der Waals surface area contributed by atoms with Gasteiger partial charge >= 0.3 is 6.03 Å². The van der Waals surface area contributed by atoms with Crippen LogP contribution in [0.15, 0.2) is 60.9 Å². The summed E-state index contributed by atoms with van der Waals surface area (Å²) in [5, 5.41) is 4.19. The Labute approximate surface area is 205 Å². The molecule has 0 bridgehead atoms. The molecule has 2 amide bonds. The molecular formula is C25H22ClFN6O2. The lowest BCUT2D eigenvalue weighted by molar-refractivity contribution is 0.103.